The Hall–Kier alpha value is -1.10. The summed E-state index contributed by atoms with van der Waals surface area (Å²) >= 11 is 6.01. The number of carbonyl (C=O) groups excluding carboxylic acids is 1. The predicted molar refractivity (Wildman–Crippen MR) is 91.9 cm³/mol. The minimum absolute atomic E-state index is 0.0332. The van der Waals surface area contributed by atoms with Crippen molar-refractivity contribution in [2.45, 2.75) is 44.6 Å². The lowest BCUT2D eigenvalue weighted by Crippen LogP contribution is -2.47. The van der Waals surface area contributed by atoms with Crippen LogP contribution < -0.4 is 5.32 Å². The van der Waals surface area contributed by atoms with Gasteiger partial charge in [0.05, 0.1) is 0 Å². The molecule has 1 aliphatic rings. The largest absolute Gasteiger partial charge is 0.381 e. The van der Waals surface area contributed by atoms with Gasteiger partial charge in [0.15, 0.2) is 0 Å². The number of amides is 1. The topological polar surface area (TPSA) is 47.6 Å². The van der Waals surface area contributed by atoms with E-state index >= 15 is 0 Å². The SMILES string of the molecule is CCOC(CC)C(=O)NCC1(c2ccc(Cl)cc2)CCOCC1. The molecule has 1 amide bonds. The van der Waals surface area contributed by atoms with Crippen molar-refractivity contribution < 1.29 is 14.3 Å². The second kappa shape index (κ2) is 8.67. The molecule has 1 fully saturated rings. The highest BCUT2D eigenvalue weighted by atomic mass is 35.5. The van der Waals surface area contributed by atoms with Crippen molar-refractivity contribution in [2.24, 2.45) is 0 Å². The van der Waals surface area contributed by atoms with E-state index in [1.807, 2.05) is 26.0 Å². The van der Waals surface area contributed by atoms with Crippen molar-refractivity contribution in [1.82, 2.24) is 5.32 Å². The standard InChI is InChI=1S/C18H26ClNO3/c1-3-16(23-4-2)17(21)20-13-18(9-11-22-12-10-18)14-5-7-15(19)8-6-14/h5-8,16H,3-4,9-13H2,1-2H3,(H,20,21). The van der Waals surface area contributed by atoms with Crippen LogP contribution in [-0.4, -0.2) is 38.4 Å². The molecule has 0 aromatic heterocycles. The van der Waals surface area contributed by atoms with Gasteiger partial charge < -0.3 is 14.8 Å². The first-order valence-corrected chi connectivity index (χ1v) is 8.72. The first kappa shape index (κ1) is 18.2. The highest BCUT2D eigenvalue weighted by Gasteiger charge is 2.35. The minimum Gasteiger partial charge on any atom is -0.381 e. The lowest BCUT2D eigenvalue weighted by molar-refractivity contribution is -0.133. The molecule has 4 nitrogen and oxygen atoms in total. The Balaban J connectivity index is 2.10. The molecule has 2 rings (SSSR count). The van der Waals surface area contributed by atoms with Crippen LogP contribution in [0.5, 0.6) is 0 Å². The van der Waals surface area contributed by atoms with E-state index < -0.39 is 0 Å². The lowest BCUT2D eigenvalue weighted by Gasteiger charge is -2.38. The fraction of sp³-hybridized carbons (Fsp3) is 0.611. The smallest absolute Gasteiger partial charge is 0.249 e. The number of benzene rings is 1. The van der Waals surface area contributed by atoms with Gasteiger partial charge in [-0.15, -0.1) is 0 Å². The number of rotatable bonds is 7. The molecule has 128 valence electrons. The van der Waals surface area contributed by atoms with E-state index in [4.69, 9.17) is 21.1 Å². The maximum atomic E-state index is 12.3. The highest BCUT2D eigenvalue weighted by molar-refractivity contribution is 6.30. The average Bonchev–Trinajstić information content (AvgIpc) is 2.59. The number of halogens is 1. The van der Waals surface area contributed by atoms with Crippen molar-refractivity contribution in [3.05, 3.63) is 34.9 Å². The molecule has 1 saturated heterocycles. The molecule has 1 unspecified atom stereocenters. The number of nitrogens with one attached hydrogen (secondary N) is 1. The summed E-state index contributed by atoms with van der Waals surface area (Å²) in [6, 6.07) is 7.93. The Morgan fingerprint density at radius 1 is 1.30 bits per heavy atom. The van der Waals surface area contributed by atoms with Gasteiger partial charge in [0.1, 0.15) is 6.10 Å². The summed E-state index contributed by atoms with van der Waals surface area (Å²) in [5.74, 6) is -0.0332. The fourth-order valence-electron chi connectivity index (χ4n) is 3.08. The molecule has 0 bridgehead atoms. The monoisotopic (exact) mass is 339 g/mol. The van der Waals surface area contributed by atoms with Gasteiger partial charge in [-0.25, -0.2) is 0 Å². The summed E-state index contributed by atoms with van der Waals surface area (Å²) in [6.45, 7) is 6.43. The molecule has 0 radical (unpaired) electrons. The quantitative estimate of drug-likeness (QED) is 0.829. The number of ether oxygens (including phenoxy) is 2. The van der Waals surface area contributed by atoms with Crippen LogP contribution in [0.25, 0.3) is 0 Å². The van der Waals surface area contributed by atoms with Gasteiger partial charge in [-0.1, -0.05) is 30.7 Å². The molecule has 1 heterocycles. The van der Waals surface area contributed by atoms with E-state index in [2.05, 4.69) is 17.4 Å². The van der Waals surface area contributed by atoms with Crippen LogP contribution in [0, 0.1) is 0 Å². The summed E-state index contributed by atoms with van der Waals surface area (Å²) in [4.78, 5) is 12.3. The molecule has 1 atom stereocenters. The molecule has 0 spiro atoms. The van der Waals surface area contributed by atoms with Crippen molar-refractivity contribution in [3.63, 3.8) is 0 Å². The summed E-state index contributed by atoms with van der Waals surface area (Å²) in [7, 11) is 0. The lowest BCUT2D eigenvalue weighted by atomic mass is 9.74. The van der Waals surface area contributed by atoms with Crippen LogP contribution in [0.4, 0.5) is 0 Å². The zero-order valence-electron chi connectivity index (χ0n) is 13.9. The number of carbonyl (C=O) groups is 1. The van der Waals surface area contributed by atoms with Crippen molar-refractivity contribution in [1.29, 1.82) is 0 Å². The van der Waals surface area contributed by atoms with Crippen LogP contribution in [0.2, 0.25) is 5.02 Å². The second-order valence-corrected chi connectivity index (χ2v) is 6.41. The first-order valence-electron chi connectivity index (χ1n) is 8.34. The third-order valence-electron chi connectivity index (χ3n) is 4.54. The molecule has 0 saturated carbocycles. The normalized spacial score (nSPS) is 18.4. The zero-order chi connectivity index (χ0) is 16.7. The molecule has 1 aliphatic heterocycles. The van der Waals surface area contributed by atoms with Gasteiger partial charge in [0.25, 0.3) is 0 Å². The summed E-state index contributed by atoms with van der Waals surface area (Å²) in [5, 5.41) is 3.81. The molecule has 1 aromatic carbocycles. The Morgan fingerprint density at radius 2 is 1.96 bits per heavy atom. The number of hydrogen-bond acceptors (Lipinski definition) is 3. The van der Waals surface area contributed by atoms with E-state index in [9.17, 15) is 4.79 Å². The van der Waals surface area contributed by atoms with Crippen LogP contribution in [0.1, 0.15) is 38.7 Å². The van der Waals surface area contributed by atoms with Gasteiger partial charge in [-0.2, -0.15) is 0 Å². The summed E-state index contributed by atoms with van der Waals surface area (Å²) < 4.78 is 11.0. The van der Waals surface area contributed by atoms with E-state index in [0.29, 0.717) is 32.8 Å². The van der Waals surface area contributed by atoms with E-state index in [1.165, 1.54) is 5.56 Å². The molecule has 5 heteroatoms. The predicted octanol–water partition coefficient (Wildman–Crippen LogP) is 3.32. The Morgan fingerprint density at radius 3 is 2.52 bits per heavy atom. The van der Waals surface area contributed by atoms with Crippen molar-refractivity contribution in [3.8, 4) is 0 Å². The zero-order valence-corrected chi connectivity index (χ0v) is 14.7. The van der Waals surface area contributed by atoms with Crippen molar-refractivity contribution in [2.75, 3.05) is 26.4 Å². The van der Waals surface area contributed by atoms with Crippen LogP contribution in [-0.2, 0) is 19.7 Å². The molecule has 23 heavy (non-hydrogen) atoms. The third-order valence-corrected chi connectivity index (χ3v) is 4.79. The maximum absolute atomic E-state index is 12.3. The first-order chi connectivity index (χ1) is 11.1. The summed E-state index contributed by atoms with van der Waals surface area (Å²) in [6.07, 6.45) is 2.08. The van der Waals surface area contributed by atoms with Gasteiger partial charge in [-0.3, -0.25) is 4.79 Å². The van der Waals surface area contributed by atoms with Crippen LogP contribution in [0.15, 0.2) is 24.3 Å². The third kappa shape index (κ3) is 4.69. The summed E-state index contributed by atoms with van der Waals surface area (Å²) in [5.41, 5.74) is 1.11. The van der Waals surface area contributed by atoms with Gasteiger partial charge in [0.2, 0.25) is 5.91 Å². The van der Waals surface area contributed by atoms with E-state index in [-0.39, 0.29) is 17.4 Å². The molecular weight excluding hydrogens is 314 g/mol. The molecule has 0 aliphatic carbocycles. The van der Waals surface area contributed by atoms with Gasteiger partial charge >= 0.3 is 0 Å². The highest BCUT2D eigenvalue weighted by Crippen LogP contribution is 2.34. The Kier molecular flexibility index (Phi) is 6.88. The fourth-order valence-corrected chi connectivity index (χ4v) is 3.21. The van der Waals surface area contributed by atoms with Gasteiger partial charge in [0, 0.05) is 36.8 Å². The van der Waals surface area contributed by atoms with Crippen molar-refractivity contribution >= 4 is 17.5 Å². The maximum Gasteiger partial charge on any atom is 0.249 e. The molecule has 1 N–H and O–H groups in total. The average molecular weight is 340 g/mol. The molecular formula is C18H26ClNO3. The molecule has 1 aromatic rings. The van der Waals surface area contributed by atoms with E-state index in [1.54, 1.807) is 0 Å². The number of hydrogen-bond donors (Lipinski definition) is 1. The Labute approximate surface area is 143 Å². The van der Waals surface area contributed by atoms with Gasteiger partial charge in [-0.05, 0) is 43.9 Å². The minimum atomic E-state index is -0.373. The van der Waals surface area contributed by atoms with E-state index in [0.717, 1.165) is 17.9 Å². The van der Waals surface area contributed by atoms with Crippen LogP contribution in [0.3, 0.4) is 0 Å². The van der Waals surface area contributed by atoms with Crippen LogP contribution >= 0.6 is 11.6 Å². The second-order valence-electron chi connectivity index (χ2n) is 5.97. The Bertz CT molecular complexity index is 497.